The number of nitro benzene ring substituents is 1. The second kappa shape index (κ2) is 12.2. The first-order chi connectivity index (χ1) is 17.7. The molecule has 3 amide bonds. The number of hydrogen-bond acceptors (Lipinski definition) is 9. The minimum absolute atomic E-state index is 0.0898. The van der Waals surface area contributed by atoms with Gasteiger partial charge in [0, 0.05) is 29.8 Å². The van der Waals surface area contributed by atoms with Gasteiger partial charge in [0.15, 0.2) is 6.61 Å². The van der Waals surface area contributed by atoms with Gasteiger partial charge in [-0.3, -0.25) is 39.7 Å². The number of nitrogens with one attached hydrogen (secondary N) is 2. The van der Waals surface area contributed by atoms with E-state index in [2.05, 4.69) is 10.7 Å². The molecule has 13 heteroatoms. The van der Waals surface area contributed by atoms with Gasteiger partial charge in [0.2, 0.25) is 5.91 Å². The van der Waals surface area contributed by atoms with Crippen molar-refractivity contribution in [1.29, 1.82) is 0 Å². The van der Waals surface area contributed by atoms with Gasteiger partial charge in [0.25, 0.3) is 17.5 Å². The molecule has 2 aromatic rings. The number of anilines is 1. The zero-order chi connectivity index (χ0) is 26.9. The SMILES string of the molecule is CCCOC(=O)c1ccc(NC(=O)COC(=O)[C@@H]2CC(=O)N(NC(=O)c3ccc([N+](=O)[O-])cc3)C2)cc1. The topological polar surface area (TPSA) is 174 Å². The van der Waals surface area contributed by atoms with Crippen LogP contribution in [0.5, 0.6) is 0 Å². The van der Waals surface area contributed by atoms with E-state index in [-0.39, 0.29) is 24.2 Å². The van der Waals surface area contributed by atoms with E-state index >= 15 is 0 Å². The standard InChI is InChI=1S/C24H24N4O9/c1-2-11-36-23(32)16-3-7-18(8-4-16)25-20(29)14-37-24(33)17-12-21(30)27(13-17)26-22(31)15-5-9-19(10-6-15)28(34)35/h3-10,17H,2,11-14H2,1H3,(H,25,29)(H,26,31)/t17-/m1/s1. The van der Waals surface area contributed by atoms with E-state index in [1.54, 1.807) is 0 Å². The molecule has 2 aromatic carbocycles. The first kappa shape index (κ1) is 26.8. The van der Waals surface area contributed by atoms with Crippen molar-refractivity contribution in [2.75, 3.05) is 25.1 Å². The quantitative estimate of drug-likeness (QED) is 0.273. The Labute approximate surface area is 210 Å². The molecule has 0 radical (unpaired) electrons. The molecule has 0 bridgehead atoms. The molecule has 0 aliphatic carbocycles. The molecule has 1 saturated heterocycles. The number of carbonyl (C=O) groups excluding carboxylic acids is 5. The van der Waals surface area contributed by atoms with Crippen molar-refractivity contribution in [3.63, 3.8) is 0 Å². The molecule has 3 rings (SSSR count). The molecular formula is C24H24N4O9. The van der Waals surface area contributed by atoms with Crippen molar-refractivity contribution in [2.24, 2.45) is 5.92 Å². The smallest absolute Gasteiger partial charge is 0.338 e. The highest BCUT2D eigenvalue weighted by Gasteiger charge is 2.36. The summed E-state index contributed by atoms with van der Waals surface area (Å²) in [6, 6.07) is 10.8. The molecule has 0 saturated carbocycles. The summed E-state index contributed by atoms with van der Waals surface area (Å²) < 4.78 is 10.0. The fourth-order valence-corrected chi connectivity index (χ4v) is 3.31. The predicted molar refractivity (Wildman–Crippen MR) is 127 cm³/mol. The summed E-state index contributed by atoms with van der Waals surface area (Å²) in [5.41, 5.74) is 2.96. The van der Waals surface area contributed by atoms with E-state index in [1.807, 2.05) is 6.92 Å². The third-order valence-corrected chi connectivity index (χ3v) is 5.22. The van der Waals surface area contributed by atoms with Crippen LogP contribution in [0.15, 0.2) is 48.5 Å². The number of benzene rings is 2. The molecule has 0 spiro atoms. The molecule has 1 atom stereocenters. The van der Waals surface area contributed by atoms with Gasteiger partial charge < -0.3 is 14.8 Å². The molecular weight excluding hydrogens is 488 g/mol. The molecule has 2 N–H and O–H groups in total. The van der Waals surface area contributed by atoms with Crippen LogP contribution < -0.4 is 10.7 Å². The van der Waals surface area contributed by atoms with E-state index in [9.17, 15) is 34.1 Å². The number of non-ortho nitro benzene ring substituents is 1. The van der Waals surface area contributed by atoms with Crippen LogP contribution in [-0.4, -0.2) is 59.4 Å². The number of hydrazine groups is 1. The highest BCUT2D eigenvalue weighted by atomic mass is 16.6. The van der Waals surface area contributed by atoms with Crippen LogP contribution in [0, 0.1) is 16.0 Å². The van der Waals surface area contributed by atoms with Crippen molar-refractivity contribution in [1.82, 2.24) is 10.4 Å². The first-order valence-electron chi connectivity index (χ1n) is 11.3. The zero-order valence-corrected chi connectivity index (χ0v) is 19.8. The number of amides is 3. The van der Waals surface area contributed by atoms with Crippen LogP contribution in [0.4, 0.5) is 11.4 Å². The molecule has 1 aliphatic heterocycles. The van der Waals surface area contributed by atoms with Crippen molar-refractivity contribution < 1.29 is 38.4 Å². The van der Waals surface area contributed by atoms with Crippen molar-refractivity contribution in [2.45, 2.75) is 19.8 Å². The van der Waals surface area contributed by atoms with Crippen LogP contribution in [-0.2, 0) is 23.9 Å². The summed E-state index contributed by atoms with van der Waals surface area (Å²) in [5.74, 6) is -3.99. The number of carbonyl (C=O) groups is 5. The number of rotatable bonds is 10. The maximum absolute atomic E-state index is 12.3. The van der Waals surface area contributed by atoms with Gasteiger partial charge in [-0.2, -0.15) is 0 Å². The van der Waals surface area contributed by atoms with Gasteiger partial charge in [-0.15, -0.1) is 0 Å². The molecule has 1 heterocycles. The van der Waals surface area contributed by atoms with Crippen molar-refractivity contribution >= 4 is 41.0 Å². The molecule has 0 aromatic heterocycles. The summed E-state index contributed by atoms with van der Waals surface area (Å²) in [6.07, 6.45) is 0.471. The molecule has 194 valence electrons. The van der Waals surface area contributed by atoms with Crippen molar-refractivity contribution in [3.8, 4) is 0 Å². The monoisotopic (exact) mass is 512 g/mol. The maximum atomic E-state index is 12.3. The van der Waals surface area contributed by atoms with Gasteiger partial charge in [0.1, 0.15) is 0 Å². The zero-order valence-electron chi connectivity index (χ0n) is 19.8. The van der Waals surface area contributed by atoms with E-state index in [4.69, 9.17) is 9.47 Å². The summed E-state index contributed by atoms with van der Waals surface area (Å²) in [4.78, 5) is 70.9. The third kappa shape index (κ3) is 7.34. The highest BCUT2D eigenvalue weighted by molar-refractivity contribution is 5.97. The second-order valence-electron chi connectivity index (χ2n) is 8.02. The second-order valence-corrected chi connectivity index (χ2v) is 8.02. The molecule has 0 unspecified atom stereocenters. The number of nitro groups is 1. The Morgan fingerprint density at radius 1 is 1.03 bits per heavy atom. The highest BCUT2D eigenvalue weighted by Crippen LogP contribution is 2.19. The van der Waals surface area contributed by atoms with Gasteiger partial charge in [-0.25, -0.2) is 4.79 Å². The van der Waals surface area contributed by atoms with E-state index in [0.29, 0.717) is 24.3 Å². The lowest BCUT2D eigenvalue weighted by molar-refractivity contribution is -0.384. The van der Waals surface area contributed by atoms with E-state index < -0.39 is 47.1 Å². The van der Waals surface area contributed by atoms with E-state index in [0.717, 1.165) is 17.1 Å². The molecule has 37 heavy (non-hydrogen) atoms. The van der Waals surface area contributed by atoms with Crippen LogP contribution in [0.2, 0.25) is 0 Å². The Morgan fingerprint density at radius 3 is 2.30 bits per heavy atom. The Morgan fingerprint density at radius 2 is 1.68 bits per heavy atom. The lowest BCUT2D eigenvalue weighted by Gasteiger charge is -2.17. The maximum Gasteiger partial charge on any atom is 0.338 e. The predicted octanol–water partition coefficient (Wildman–Crippen LogP) is 1.84. The number of hydrogen-bond donors (Lipinski definition) is 2. The van der Waals surface area contributed by atoms with Crippen LogP contribution >= 0.6 is 0 Å². The average molecular weight is 512 g/mol. The first-order valence-corrected chi connectivity index (χ1v) is 11.3. The Bertz CT molecular complexity index is 1200. The Balaban J connectivity index is 1.44. The van der Waals surface area contributed by atoms with E-state index in [1.165, 1.54) is 36.4 Å². The largest absolute Gasteiger partial charge is 0.462 e. The average Bonchev–Trinajstić information content (AvgIpc) is 3.26. The molecule has 1 aliphatic rings. The number of ether oxygens (including phenoxy) is 2. The fourth-order valence-electron chi connectivity index (χ4n) is 3.31. The molecule has 13 nitrogen and oxygen atoms in total. The van der Waals surface area contributed by atoms with Gasteiger partial charge in [-0.05, 0) is 42.8 Å². The summed E-state index contributed by atoms with van der Waals surface area (Å²) in [6.45, 7) is 1.42. The fraction of sp³-hybridized carbons (Fsp3) is 0.292. The lowest BCUT2D eigenvalue weighted by atomic mass is 10.1. The normalized spacial score (nSPS) is 14.6. The van der Waals surface area contributed by atoms with Crippen molar-refractivity contribution in [3.05, 3.63) is 69.8 Å². The molecule has 1 fully saturated rings. The Kier molecular flexibility index (Phi) is 8.86. The minimum atomic E-state index is -0.897. The van der Waals surface area contributed by atoms with Crippen LogP contribution in [0.1, 0.15) is 40.5 Å². The van der Waals surface area contributed by atoms with Gasteiger partial charge in [-0.1, -0.05) is 6.92 Å². The minimum Gasteiger partial charge on any atom is -0.462 e. The summed E-state index contributed by atoms with van der Waals surface area (Å²) >= 11 is 0. The van der Waals surface area contributed by atoms with Crippen LogP contribution in [0.25, 0.3) is 0 Å². The van der Waals surface area contributed by atoms with Gasteiger partial charge >= 0.3 is 11.9 Å². The van der Waals surface area contributed by atoms with Crippen LogP contribution in [0.3, 0.4) is 0 Å². The summed E-state index contributed by atoms with van der Waals surface area (Å²) in [7, 11) is 0. The number of nitrogens with zero attached hydrogens (tertiary/aromatic N) is 2. The van der Waals surface area contributed by atoms with Gasteiger partial charge in [0.05, 0.1) is 29.6 Å². The third-order valence-electron chi connectivity index (χ3n) is 5.22. The summed E-state index contributed by atoms with van der Waals surface area (Å²) in [5, 5.41) is 14.2. The number of esters is 2. The Hall–Kier alpha value is -4.81. The lowest BCUT2D eigenvalue weighted by Crippen LogP contribution is -2.43.